The van der Waals surface area contributed by atoms with Crippen LogP contribution in [0, 0.1) is 0 Å². The first kappa shape index (κ1) is 25.9. The van der Waals surface area contributed by atoms with E-state index in [9.17, 15) is 9.59 Å². The van der Waals surface area contributed by atoms with Crippen molar-refractivity contribution >= 4 is 58.4 Å². The molecule has 8 heteroatoms. The molecule has 168 valence electrons. The molecule has 4 nitrogen and oxygen atoms in total. The smallest absolute Gasteiger partial charge is 0.243 e. The maximum Gasteiger partial charge on any atom is 0.243 e. The van der Waals surface area contributed by atoms with E-state index in [0.29, 0.717) is 27.2 Å². The number of amides is 2. The molecule has 1 unspecified atom stereocenters. The van der Waals surface area contributed by atoms with Gasteiger partial charge in [0.25, 0.3) is 0 Å². The summed E-state index contributed by atoms with van der Waals surface area (Å²) in [6.45, 7) is 5.91. The average Bonchev–Trinajstić information content (AvgIpc) is 2.70. The highest BCUT2D eigenvalue weighted by Crippen LogP contribution is 2.25. The molecule has 2 aromatic rings. The Morgan fingerprint density at radius 3 is 2.35 bits per heavy atom. The predicted octanol–water partition coefficient (Wildman–Crippen LogP) is 6.21. The first-order chi connectivity index (χ1) is 14.7. The van der Waals surface area contributed by atoms with Gasteiger partial charge in [0.2, 0.25) is 11.8 Å². The third kappa shape index (κ3) is 7.90. The molecule has 0 heterocycles. The Hall–Kier alpha value is -1.40. The molecule has 0 aliphatic rings. The molecule has 1 atom stereocenters. The predicted molar refractivity (Wildman–Crippen MR) is 132 cm³/mol. The van der Waals surface area contributed by atoms with Crippen molar-refractivity contribution in [1.82, 2.24) is 10.2 Å². The van der Waals surface area contributed by atoms with Gasteiger partial charge in [-0.05, 0) is 49.6 Å². The molecular weight excluding hydrogens is 475 g/mol. The second-order valence-electron chi connectivity index (χ2n) is 7.43. The summed E-state index contributed by atoms with van der Waals surface area (Å²) >= 11 is 20.0. The van der Waals surface area contributed by atoms with E-state index < -0.39 is 6.04 Å². The van der Waals surface area contributed by atoms with Crippen LogP contribution in [0.3, 0.4) is 0 Å². The van der Waals surface area contributed by atoms with Crippen molar-refractivity contribution in [3.63, 3.8) is 0 Å². The van der Waals surface area contributed by atoms with Crippen LogP contribution < -0.4 is 5.32 Å². The van der Waals surface area contributed by atoms with Gasteiger partial charge in [-0.2, -0.15) is 0 Å². The van der Waals surface area contributed by atoms with Gasteiger partial charge in [-0.15, -0.1) is 11.8 Å². The van der Waals surface area contributed by atoms with Crippen molar-refractivity contribution in [1.29, 1.82) is 0 Å². The zero-order valence-electron chi connectivity index (χ0n) is 17.8. The number of hydrogen-bond acceptors (Lipinski definition) is 3. The van der Waals surface area contributed by atoms with Gasteiger partial charge in [0.05, 0.1) is 5.75 Å². The summed E-state index contributed by atoms with van der Waals surface area (Å²) in [5.41, 5.74) is 1.71. The Balaban J connectivity index is 2.19. The molecule has 0 aromatic heterocycles. The molecule has 0 bridgehead atoms. The van der Waals surface area contributed by atoms with Gasteiger partial charge >= 0.3 is 0 Å². The molecule has 2 aromatic carbocycles. The van der Waals surface area contributed by atoms with Crippen molar-refractivity contribution < 1.29 is 9.59 Å². The van der Waals surface area contributed by atoms with Crippen molar-refractivity contribution in [3.8, 4) is 0 Å². The minimum atomic E-state index is -0.595. The van der Waals surface area contributed by atoms with Crippen LogP contribution in [0.2, 0.25) is 15.1 Å². The normalized spacial score (nSPS) is 12.0. The van der Waals surface area contributed by atoms with E-state index in [0.717, 1.165) is 11.1 Å². The van der Waals surface area contributed by atoms with E-state index in [1.165, 1.54) is 11.8 Å². The van der Waals surface area contributed by atoms with Crippen LogP contribution in [-0.4, -0.2) is 34.6 Å². The zero-order chi connectivity index (χ0) is 23.0. The highest BCUT2D eigenvalue weighted by molar-refractivity contribution is 7.99. The van der Waals surface area contributed by atoms with E-state index in [-0.39, 0.29) is 30.2 Å². The van der Waals surface area contributed by atoms with E-state index >= 15 is 0 Å². The lowest BCUT2D eigenvalue weighted by Gasteiger charge is -2.31. The first-order valence-electron chi connectivity index (χ1n) is 10.1. The van der Waals surface area contributed by atoms with Crippen molar-refractivity contribution in [2.24, 2.45) is 0 Å². The van der Waals surface area contributed by atoms with Crippen LogP contribution in [0.1, 0.15) is 38.3 Å². The fourth-order valence-corrected chi connectivity index (χ4v) is 4.74. The number of rotatable bonds is 10. The first-order valence-corrected chi connectivity index (χ1v) is 12.4. The number of benzene rings is 2. The summed E-state index contributed by atoms with van der Waals surface area (Å²) in [4.78, 5) is 27.6. The number of nitrogens with one attached hydrogen (secondary N) is 1. The Bertz CT molecular complexity index is 908. The molecule has 0 radical (unpaired) electrons. The quantitative estimate of drug-likeness (QED) is 0.421. The van der Waals surface area contributed by atoms with Gasteiger partial charge in [0, 0.05) is 33.4 Å². The minimum absolute atomic E-state index is 0.0211. The molecular formula is C23H27Cl3N2O2S. The summed E-state index contributed by atoms with van der Waals surface area (Å²) in [6.07, 6.45) is 0.491. The fraction of sp³-hybridized carbons (Fsp3) is 0.391. The number of carbonyl (C=O) groups is 2. The van der Waals surface area contributed by atoms with Gasteiger partial charge in [-0.3, -0.25) is 9.59 Å². The second-order valence-corrected chi connectivity index (χ2v) is 9.67. The average molecular weight is 502 g/mol. The molecule has 31 heavy (non-hydrogen) atoms. The fourth-order valence-electron chi connectivity index (χ4n) is 3.08. The number of carbonyl (C=O) groups excluding carboxylic acids is 2. The SMILES string of the molecule is CCC(C(=O)NC(C)C)N(Cc1ccc(Cl)cc1Cl)C(=O)CSCc1ccccc1Cl. The lowest BCUT2D eigenvalue weighted by atomic mass is 10.1. The van der Waals surface area contributed by atoms with Crippen molar-refractivity contribution in [3.05, 3.63) is 68.7 Å². The summed E-state index contributed by atoms with van der Waals surface area (Å²) in [6, 6.07) is 12.1. The standard InChI is InChI=1S/C23H27Cl3N2O2S/c1-4-21(23(30)27-15(2)3)28(12-16-9-10-18(24)11-20(16)26)22(29)14-31-13-17-7-5-6-8-19(17)25/h5-11,15,21H,4,12-14H2,1-3H3,(H,27,30). The van der Waals surface area contributed by atoms with E-state index in [1.54, 1.807) is 23.1 Å². The number of thioether (sulfide) groups is 1. The molecule has 2 amide bonds. The Morgan fingerprint density at radius 1 is 1.03 bits per heavy atom. The van der Waals surface area contributed by atoms with Crippen LogP contribution in [0.25, 0.3) is 0 Å². The Morgan fingerprint density at radius 2 is 1.74 bits per heavy atom. The lowest BCUT2D eigenvalue weighted by molar-refractivity contribution is -0.139. The van der Waals surface area contributed by atoms with Gasteiger partial charge in [0.1, 0.15) is 6.04 Å². The van der Waals surface area contributed by atoms with Crippen molar-refractivity contribution in [2.45, 2.75) is 51.6 Å². The summed E-state index contributed by atoms with van der Waals surface area (Å²) < 4.78 is 0. The Kier molecular flexibility index (Phi) is 10.5. The maximum absolute atomic E-state index is 13.2. The molecule has 0 saturated carbocycles. The van der Waals surface area contributed by atoms with Gasteiger partial charge in [0.15, 0.2) is 0 Å². The zero-order valence-corrected chi connectivity index (χ0v) is 20.9. The minimum Gasteiger partial charge on any atom is -0.352 e. The van der Waals surface area contributed by atoms with Crippen LogP contribution in [0.15, 0.2) is 42.5 Å². The second kappa shape index (κ2) is 12.6. The highest BCUT2D eigenvalue weighted by Gasteiger charge is 2.29. The number of hydrogen-bond donors (Lipinski definition) is 1. The third-order valence-electron chi connectivity index (χ3n) is 4.61. The molecule has 0 aliphatic carbocycles. The van der Waals surface area contributed by atoms with E-state index in [4.69, 9.17) is 34.8 Å². The maximum atomic E-state index is 13.2. The van der Waals surface area contributed by atoms with Crippen LogP contribution in [0.4, 0.5) is 0 Å². The Labute approximate surface area is 203 Å². The van der Waals surface area contributed by atoms with E-state index in [1.807, 2.05) is 45.0 Å². The molecule has 2 rings (SSSR count). The summed E-state index contributed by atoms with van der Waals surface area (Å²) in [5.74, 6) is 0.526. The van der Waals surface area contributed by atoms with Gasteiger partial charge in [-0.25, -0.2) is 0 Å². The number of halogens is 3. The molecule has 1 N–H and O–H groups in total. The molecule has 0 fully saturated rings. The monoisotopic (exact) mass is 500 g/mol. The van der Waals surface area contributed by atoms with E-state index in [2.05, 4.69) is 5.32 Å². The largest absolute Gasteiger partial charge is 0.352 e. The van der Waals surface area contributed by atoms with Gasteiger partial charge in [-0.1, -0.05) is 66.0 Å². The molecule has 0 saturated heterocycles. The van der Waals surface area contributed by atoms with Crippen molar-refractivity contribution in [2.75, 3.05) is 5.75 Å². The summed E-state index contributed by atoms with van der Waals surface area (Å²) in [5, 5.41) is 4.58. The summed E-state index contributed by atoms with van der Waals surface area (Å²) in [7, 11) is 0. The lowest BCUT2D eigenvalue weighted by Crippen LogP contribution is -2.51. The highest BCUT2D eigenvalue weighted by atomic mass is 35.5. The third-order valence-corrected chi connectivity index (χ3v) is 6.54. The topological polar surface area (TPSA) is 49.4 Å². The molecule has 0 aliphatic heterocycles. The van der Waals surface area contributed by atoms with Gasteiger partial charge < -0.3 is 10.2 Å². The van der Waals surface area contributed by atoms with Crippen LogP contribution in [-0.2, 0) is 21.9 Å². The number of nitrogens with zero attached hydrogens (tertiary/aromatic N) is 1. The van der Waals surface area contributed by atoms with Crippen LogP contribution >= 0.6 is 46.6 Å². The van der Waals surface area contributed by atoms with Crippen LogP contribution in [0.5, 0.6) is 0 Å². The molecule has 0 spiro atoms.